The molecule has 0 saturated heterocycles. The van der Waals surface area contributed by atoms with Crippen LogP contribution < -0.4 is 0 Å². The van der Waals surface area contributed by atoms with Gasteiger partial charge in [0, 0.05) is 25.4 Å². The Kier molecular flexibility index (Phi) is 6.23. The maximum absolute atomic E-state index is 13.2. The number of alkyl halides is 6. The first-order chi connectivity index (χ1) is 16.4. The topological polar surface area (TPSA) is 46.1 Å². The Balaban J connectivity index is 1.71. The van der Waals surface area contributed by atoms with Crippen LogP contribution in [0.3, 0.4) is 0 Å². The van der Waals surface area contributed by atoms with Crippen molar-refractivity contribution in [1.82, 2.24) is 14.9 Å². The molecule has 35 heavy (non-hydrogen) atoms. The number of rotatable bonds is 4. The Hall–Kier alpha value is -3.95. The molecule has 0 radical (unpaired) electrons. The van der Waals surface area contributed by atoms with Crippen LogP contribution in [0.1, 0.15) is 27.2 Å². The second kappa shape index (κ2) is 9.01. The normalized spacial score (nSPS) is 12.1. The lowest BCUT2D eigenvalue weighted by molar-refractivity contribution is -0.143. The molecule has 10 heteroatoms. The summed E-state index contributed by atoms with van der Waals surface area (Å²) >= 11 is 0. The SMILES string of the molecule is CN(Cc1cc(C(F)(F)F)cc(C(F)(F)F)c1)C(=O)c1ncncc1-c1cccc2ccccc12. The number of hydrogen-bond acceptors (Lipinski definition) is 3. The van der Waals surface area contributed by atoms with E-state index < -0.39 is 35.9 Å². The number of amides is 1. The monoisotopic (exact) mass is 489 g/mol. The average molecular weight is 489 g/mol. The number of aromatic nitrogens is 2. The van der Waals surface area contributed by atoms with Crippen molar-refractivity contribution in [2.24, 2.45) is 0 Å². The van der Waals surface area contributed by atoms with Gasteiger partial charge in [0.25, 0.3) is 5.91 Å². The molecule has 0 atom stereocenters. The van der Waals surface area contributed by atoms with E-state index in [0.29, 0.717) is 23.3 Å². The van der Waals surface area contributed by atoms with Crippen molar-refractivity contribution in [1.29, 1.82) is 0 Å². The molecule has 0 unspecified atom stereocenters. The molecule has 1 amide bonds. The van der Waals surface area contributed by atoms with Gasteiger partial charge in [0.2, 0.25) is 0 Å². The van der Waals surface area contributed by atoms with Crippen LogP contribution in [0.15, 0.2) is 73.2 Å². The summed E-state index contributed by atoms with van der Waals surface area (Å²) in [4.78, 5) is 22.3. The first kappa shape index (κ1) is 24.2. The molecular formula is C25H17F6N3O. The van der Waals surface area contributed by atoms with Gasteiger partial charge in [-0.2, -0.15) is 26.3 Å². The molecule has 3 aromatic carbocycles. The lowest BCUT2D eigenvalue weighted by atomic mass is 9.97. The van der Waals surface area contributed by atoms with Crippen LogP contribution in [0.5, 0.6) is 0 Å². The molecule has 0 aliphatic rings. The minimum absolute atomic E-state index is 0.0260. The molecule has 0 aliphatic carbocycles. The van der Waals surface area contributed by atoms with Crippen LogP contribution in [0.25, 0.3) is 21.9 Å². The van der Waals surface area contributed by atoms with Crippen molar-refractivity contribution in [3.8, 4) is 11.1 Å². The lowest BCUT2D eigenvalue weighted by Crippen LogP contribution is -2.28. The molecule has 180 valence electrons. The summed E-state index contributed by atoms with van der Waals surface area (Å²) in [5, 5.41) is 1.73. The van der Waals surface area contributed by atoms with E-state index in [1.165, 1.54) is 13.2 Å². The molecule has 4 aromatic rings. The maximum atomic E-state index is 13.2. The van der Waals surface area contributed by atoms with Gasteiger partial charge in [-0.05, 0) is 40.1 Å². The summed E-state index contributed by atoms with van der Waals surface area (Å²) in [6, 6.07) is 14.2. The highest BCUT2D eigenvalue weighted by atomic mass is 19.4. The number of hydrogen-bond donors (Lipinski definition) is 0. The third-order valence-electron chi connectivity index (χ3n) is 5.41. The largest absolute Gasteiger partial charge is 0.416 e. The molecule has 4 nitrogen and oxygen atoms in total. The molecule has 0 spiro atoms. The molecule has 1 aromatic heterocycles. The number of carbonyl (C=O) groups is 1. The predicted molar refractivity (Wildman–Crippen MR) is 117 cm³/mol. The molecule has 4 rings (SSSR count). The quantitative estimate of drug-likeness (QED) is 0.303. The molecule has 0 fully saturated rings. The summed E-state index contributed by atoms with van der Waals surface area (Å²) in [7, 11) is 1.28. The highest BCUT2D eigenvalue weighted by Gasteiger charge is 2.37. The van der Waals surface area contributed by atoms with Gasteiger partial charge in [0.1, 0.15) is 12.0 Å². The zero-order chi connectivity index (χ0) is 25.4. The van der Waals surface area contributed by atoms with Gasteiger partial charge < -0.3 is 4.90 Å². The third kappa shape index (κ3) is 5.11. The van der Waals surface area contributed by atoms with Crippen molar-refractivity contribution in [2.75, 3.05) is 7.05 Å². The van der Waals surface area contributed by atoms with E-state index in [9.17, 15) is 31.1 Å². The maximum Gasteiger partial charge on any atom is 0.416 e. The molecule has 0 N–H and O–H groups in total. The van der Waals surface area contributed by atoms with Gasteiger partial charge in [-0.15, -0.1) is 0 Å². The second-order valence-corrected chi connectivity index (χ2v) is 7.89. The van der Waals surface area contributed by atoms with Crippen LogP contribution in [-0.2, 0) is 18.9 Å². The summed E-state index contributed by atoms with van der Waals surface area (Å²) in [5.74, 6) is -0.679. The zero-order valence-electron chi connectivity index (χ0n) is 18.2. The van der Waals surface area contributed by atoms with Gasteiger partial charge in [0.15, 0.2) is 0 Å². The molecule has 0 aliphatic heterocycles. The minimum atomic E-state index is -4.98. The molecule has 1 heterocycles. The van der Waals surface area contributed by atoms with Crippen molar-refractivity contribution in [3.05, 3.63) is 95.6 Å². The van der Waals surface area contributed by atoms with E-state index in [1.54, 1.807) is 12.1 Å². The van der Waals surface area contributed by atoms with Crippen LogP contribution in [0, 0.1) is 0 Å². The van der Waals surface area contributed by atoms with Crippen LogP contribution in [0.4, 0.5) is 26.3 Å². The second-order valence-electron chi connectivity index (χ2n) is 7.89. The molecule has 0 saturated carbocycles. The Morgan fingerprint density at radius 3 is 2.14 bits per heavy atom. The number of carbonyl (C=O) groups excluding carboxylic acids is 1. The van der Waals surface area contributed by atoms with Gasteiger partial charge in [0.05, 0.1) is 11.1 Å². The fourth-order valence-corrected chi connectivity index (χ4v) is 3.79. The highest BCUT2D eigenvalue weighted by Crippen LogP contribution is 2.37. The Morgan fingerprint density at radius 2 is 1.49 bits per heavy atom. The standard InChI is InChI=1S/C25H17F6N3O/c1-34(13-15-9-17(24(26,27)28)11-18(10-15)25(29,30)31)23(35)22-21(12-32-14-33-22)20-8-4-6-16-5-2-3-7-19(16)20/h2-12,14H,13H2,1H3. The third-order valence-corrected chi connectivity index (χ3v) is 5.41. The van der Waals surface area contributed by atoms with Crippen molar-refractivity contribution in [3.63, 3.8) is 0 Å². The Morgan fingerprint density at radius 1 is 0.857 bits per heavy atom. The first-order valence-electron chi connectivity index (χ1n) is 10.3. The van der Waals surface area contributed by atoms with E-state index in [2.05, 4.69) is 9.97 Å². The van der Waals surface area contributed by atoms with Gasteiger partial charge in [-0.3, -0.25) is 4.79 Å². The van der Waals surface area contributed by atoms with Gasteiger partial charge in [-0.25, -0.2) is 9.97 Å². The summed E-state index contributed by atoms with van der Waals surface area (Å²) in [6.07, 6.45) is -7.36. The fraction of sp³-hybridized carbons (Fsp3) is 0.160. The highest BCUT2D eigenvalue weighted by molar-refractivity contribution is 6.04. The predicted octanol–water partition coefficient (Wildman–Crippen LogP) is 6.61. The number of halogens is 6. The van der Waals surface area contributed by atoms with E-state index in [1.807, 2.05) is 30.3 Å². The summed E-state index contributed by atoms with van der Waals surface area (Å²) in [5.41, 5.74) is -2.17. The van der Waals surface area contributed by atoms with E-state index in [4.69, 9.17) is 0 Å². The lowest BCUT2D eigenvalue weighted by Gasteiger charge is -2.20. The van der Waals surface area contributed by atoms with Crippen LogP contribution in [0.2, 0.25) is 0 Å². The van der Waals surface area contributed by atoms with Crippen molar-refractivity contribution in [2.45, 2.75) is 18.9 Å². The van der Waals surface area contributed by atoms with E-state index >= 15 is 0 Å². The number of fused-ring (bicyclic) bond motifs is 1. The van der Waals surface area contributed by atoms with E-state index in [0.717, 1.165) is 22.0 Å². The Bertz CT molecular complexity index is 1360. The summed E-state index contributed by atoms with van der Waals surface area (Å²) < 4.78 is 79.2. The number of nitrogens with zero attached hydrogens (tertiary/aromatic N) is 3. The van der Waals surface area contributed by atoms with Crippen molar-refractivity contribution >= 4 is 16.7 Å². The van der Waals surface area contributed by atoms with Crippen molar-refractivity contribution < 1.29 is 31.1 Å². The smallest absolute Gasteiger partial charge is 0.336 e. The fourth-order valence-electron chi connectivity index (χ4n) is 3.79. The van der Waals surface area contributed by atoms with E-state index in [-0.39, 0.29) is 17.3 Å². The average Bonchev–Trinajstić information content (AvgIpc) is 2.82. The van der Waals surface area contributed by atoms with Gasteiger partial charge in [-0.1, -0.05) is 42.5 Å². The minimum Gasteiger partial charge on any atom is -0.336 e. The van der Waals surface area contributed by atoms with Gasteiger partial charge >= 0.3 is 12.4 Å². The number of benzene rings is 3. The van der Waals surface area contributed by atoms with Crippen LogP contribution >= 0.6 is 0 Å². The summed E-state index contributed by atoms with van der Waals surface area (Å²) in [6.45, 7) is -0.495. The molecule has 0 bridgehead atoms. The first-order valence-corrected chi connectivity index (χ1v) is 10.3. The molecular weight excluding hydrogens is 472 g/mol. The Labute approximate surface area is 195 Å². The van der Waals surface area contributed by atoms with Crippen LogP contribution in [-0.4, -0.2) is 27.8 Å². The zero-order valence-corrected chi connectivity index (χ0v) is 18.2.